The van der Waals surface area contributed by atoms with E-state index >= 15 is 0 Å². The number of halogens is 2. The number of piperidine rings is 1. The number of likely N-dealkylation sites (tertiary alicyclic amines) is 1. The average Bonchev–Trinajstić information content (AvgIpc) is 2.42. The zero-order valence-electron chi connectivity index (χ0n) is 11.2. The molecule has 1 aromatic rings. The van der Waals surface area contributed by atoms with E-state index in [-0.39, 0.29) is 16.8 Å². The van der Waals surface area contributed by atoms with Crippen LogP contribution in [0.5, 0.6) is 0 Å². The maximum Gasteiger partial charge on any atom is 0.293 e. The molecule has 0 spiro atoms. The van der Waals surface area contributed by atoms with Crippen LogP contribution in [0.1, 0.15) is 19.8 Å². The molecule has 0 aromatic heterocycles. The summed E-state index contributed by atoms with van der Waals surface area (Å²) in [7, 11) is 0. The van der Waals surface area contributed by atoms with Crippen molar-refractivity contribution in [2.24, 2.45) is 0 Å². The first-order chi connectivity index (χ1) is 9.51. The standard InChI is InChI=1S/C13H17Cl2N3O2/c1-2-17-5-3-4-9(8-17)16-12-6-10(14)11(15)7-13(12)18(19)20/h6-7,9,16H,2-5,8H2,1H3. The molecular formula is C13H17Cl2N3O2. The third kappa shape index (κ3) is 3.53. The lowest BCUT2D eigenvalue weighted by molar-refractivity contribution is -0.384. The van der Waals surface area contributed by atoms with E-state index in [0.29, 0.717) is 10.7 Å². The molecule has 20 heavy (non-hydrogen) atoms. The molecule has 1 fully saturated rings. The zero-order valence-corrected chi connectivity index (χ0v) is 12.7. The Hall–Kier alpha value is -1.04. The van der Waals surface area contributed by atoms with Crippen molar-refractivity contribution in [1.29, 1.82) is 0 Å². The monoisotopic (exact) mass is 317 g/mol. The van der Waals surface area contributed by atoms with Gasteiger partial charge in [-0.05, 0) is 32.0 Å². The molecule has 1 unspecified atom stereocenters. The lowest BCUT2D eigenvalue weighted by Gasteiger charge is -2.32. The van der Waals surface area contributed by atoms with Crippen LogP contribution < -0.4 is 5.32 Å². The van der Waals surface area contributed by atoms with Gasteiger partial charge in [0.05, 0.1) is 15.0 Å². The number of nitrogens with one attached hydrogen (secondary N) is 1. The van der Waals surface area contributed by atoms with Crippen LogP contribution >= 0.6 is 23.2 Å². The fourth-order valence-electron chi connectivity index (χ4n) is 2.48. The highest BCUT2D eigenvalue weighted by atomic mass is 35.5. The summed E-state index contributed by atoms with van der Waals surface area (Å²) in [5.41, 5.74) is 0.403. The van der Waals surface area contributed by atoms with Gasteiger partial charge < -0.3 is 10.2 Å². The zero-order chi connectivity index (χ0) is 14.7. The summed E-state index contributed by atoms with van der Waals surface area (Å²) in [5.74, 6) is 0. The molecule has 2 rings (SSSR count). The summed E-state index contributed by atoms with van der Waals surface area (Å²) in [6.45, 7) is 5.07. The first-order valence-electron chi connectivity index (χ1n) is 6.63. The van der Waals surface area contributed by atoms with Crippen molar-refractivity contribution in [2.75, 3.05) is 25.0 Å². The minimum Gasteiger partial charge on any atom is -0.375 e. The summed E-state index contributed by atoms with van der Waals surface area (Å²) in [6.07, 6.45) is 2.08. The first kappa shape index (κ1) is 15.4. The molecule has 0 aliphatic carbocycles. The topological polar surface area (TPSA) is 58.4 Å². The number of benzene rings is 1. The van der Waals surface area contributed by atoms with Crippen molar-refractivity contribution < 1.29 is 4.92 Å². The molecule has 0 bridgehead atoms. The third-order valence-corrected chi connectivity index (χ3v) is 4.27. The van der Waals surface area contributed by atoms with E-state index in [1.165, 1.54) is 12.1 Å². The predicted molar refractivity (Wildman–Crippen MR) is 81.9 cm³/mol. The molecule has 1 saturated heterocycles. The number of nitrogens with zero attached hydrogens (tertiary/aromatic N) is 2. The number of nitro groups is 1. The van der Waals surface area contributed by atoms with Crippen LogP contribution in [0.15, 0.2) is 12.1 Å². The smallest absolute Gasteiger partial charge is 0.293 e. The molecule has 1 atom stereocenters. The van der Waals surface area contributed by atoms with Crippen molar-refractivity contribution >= 4 is 34.6 Å². The quantitative estimate of drug-likeness (QED) is 0.678. The molecule has 5 nitrogen and oxygen atoms in total. The predicted octanol–water partition coefficient (Wildman–Crippen LogP) is 3.80. The summed E-state index contributed by atoms with van der Waals surface area (Å²) in [6, 6.07) is 3.03. The van der Waals surface area contributed by atoms with Crippen molar-refractivity contribution in [1.82, 2.24) is 4.90 Å². The Morgan fingerprint density at radius 3 is 2.80 bits per heavy atom. The Labute approximate surface area is 128 Å². The van der Waals surface area contributed by atoms with Crippen LogP contribution in [-0.4, -0.2) is 35.5 Å². The van der Waals surface area contributed by atoms with E-state index in [2.05, 4.69) is 17.1 Å². The molecule has 1 aliphatic rings. The highest BCUT2D eigenvalue weighted by molar-refractivity contribution is 6.42. The molecule has 110 valence electrons. The highest BCUT2D eigenvalue weighted by Crippen LogP contribution is 2.34. The Balaban J connectivity index is 2.19. The number of hydrogen-bond donors (Lipinski definition) is 1. The summed E-state index contributed by atoms with van der Waals surface area (Å²) in [5, 5.41) is 14.9. The Morgan fingerprint density at radius 1 is 1.45 bits per heavy atom. The fourth-order valence-corrected chi connectivity index (χ4v) is 2.81. The normalized spacial score (nSPS) is 19.9. The summed E-state index contributed by atoms with van der Waals surface area (Å²) >= 11 is 11.8. The van der Waals surface area contributed by atoms with E-state index in [1.807, 2.05) is 0 Å². The van der Waals surface area contributed by atoms with Crippen LogP contribution in [0.3, 0.4) is 0 Å². The fraction of sp³-hybridized carbons (Fsp3) is 0.538. The van der Waals surface area contributed by atoms with Crippen LogP contribution in [0, 0.1) is 10.1 Å². The van der Waals surface area contributed by atoms with Crippen LogP contribution in [-0.2, 0) is 0 Å². The third-order valence-electron chi connectivity index (χ3n) is 3.55. The van der Waals surface area contributed by atoms with Gasteiger partial charge in [0.1, 0.15) is 5.69 Å². The van der Waals surface area contributed by atoms with Crippen LogP contribution in [0.2, 0.25) is 10.0 Å². The number of rotatable bonds is 4. The molecule has 0 radical (unpaired) electrons. The van der Waals surface area contributed by atoms with Crippen molar-refractivity contribution in [3.05, 3.63) is 32.3 Å². The van der Waals surface area contributed by atoms with E-state index < -0.39 is 4.92 Å². The molecule has 1 N–H and O–H groups in total. The van der Waals surface area contributed by atoms with Crippen LogP contribution in [0.25, 0.3) is 0 Å². The van der Waals surface area contributed by atoms with Gasteiger partial charge in [0.25, 0.3) is 5.69 Å². The minimum atomic E-state index is -0.440. The minimum absolute atomic E-state index is 0.0342. The molecule has 1 aliphatic heterocycles. The SMILES string of the molecule is CCN1CCCC(Nc2cc(Cl)c(Cl)cc2[N+](=O)[O-])C1. The maximum absolute atomic E-state index is 11.1. The molecular weight excluding hydrogens is 301 g/mol. The van der Waals surface area contributed by atoms with Gasteiger partial charge >= 0.3 is 0 Å². The van der Waals surface area contributed by atoms with Crippen molar-refractivity contribution in [2.45, 2.75) is 25.8 Å². The van der Waals surface area contributed by atoms with Crippen molar-refractivity contribution in [3.8, 4) is 0 Å². The second kappa shape index (κ2) is 6.61. The van der Waals surface area contributed by atoms with E-state index in [9.17, 15) is 10.1 Å². The first-order valence-corrected chi connectivity index (χ1v) is 7.39. The van der Waals surface area contributed by atoms with Gasteiger partial charge in [0.2, 0.25) is 0 Å². The van der Waals surface area contributed by atoms with E-state index in [0.717, 1.165) is 32.5 Å². The Morgan fingerprint density at radius 2 is 2.15 bits per heavy atom. The number of hydrogen-bond acceptors (Lipinski definition) is 4. The van der Waals surface area contributed by atoms with Gasteiger partial charge in [0.15, 0.2) is 0 Å². The molecule has 1 aromatic carbocycles. The Kier molecular flexibility index (Phi) is 5.07. The van der Waals surface area contributed by atoms with Crippen LogP contribution in [0.4, 0.5) is 11.4 Å². The second-order valence-corrected chi connectivity index (χ2v) is 5.73. The average molecular weight is 318 g/mol. The molecule has 7 heteroatoms. The second-order valence-electron chi connectivity index (χ2n) is 4.92. The van der Waals surface area contributed by atoms with Gasteiger partial charge in [0, 0.05) is 18.7 Å². The Bertz CT molecular complexity index is 511. The van der Waals surface area contributed by atoms with Crippen molar-refractivity contribution in [3.63, 3.8) is 0 Å². The van der Waals surface area contributed by atoms with E-state index in [1.54, 1.807) is 0 Å². The maximum atomic E-state index is 11.1. The van der Waals surface area contributed by atoms with Gasteiger partial charge in [-0.1, -0.05) is 30.1 Å². The summed E-state index contributed by atoms with van der Waals surface area (Å²) < 4.78 is 0. The lowest BCUT2D eigenvalue weighted by atomic mass is 10.1. The largest absolute Gasteiger partial charge is 0.375 e. The summed E-state index contributed by atoms with van der Waals surface area (Å²) in [4.78, 5) is 13.0. The van der Waals surface area contributed by atoms with E-state index in [4.69, 9.17) is 23.2 Å². The molecule has 1 heterocycles. The van der Waals surface area contributed by atoms with Gasteiger partial charge in [-0.3, -0.25) is 10.1 Å². The van der Waals surface area contributed by atoms with Gasteiger partial charge in [-0.25, -0.2) is 0 Å². The molecule has 0 amide bonds. The number of nitro benzene ring substituents is 1. The lowest BCUT2D eigenvalue weighted by Crippen LogP contribution is -2.41. The number of anilines is 1. The highest BCUT2D eigenvalue weighted by Gasteiger charge is 2.23. The van der Waals surface area contributed by atoms with Gasteiger partial charge in [-0.2, -0.15) is 0 Å². The molecule has 0 saturated carbocycles. The van der Waals surface area contributed by atoms with Gasteiger partial charge in [-0.15, -0.1) is 0 Å². The number of likely N-dealkylation sites (N-methyl/N-ethyl adjacent to an activating group) is 1.